The molecule has 1 aromatic carbocycles. The molecule has 0 spiro atoms. The lowest BCUT2D eigenvalue weighted by Gasteiger charge is -2.08. The predicted molar refractivity (Wildman–Crippen MR) is 82.2 cm³/mol. The van der Waals surface area contributed by atoms with Gasteiger partial charge in [-0.25, -0.2) is 0 Å². The van der Waals surface area contributed by atoms with Crippen LogP contribution in [0.2, 0.25) is 0 Å². The molecule has 4 heteroatoms. The van der Waals surface area contributed by atoms with E-state index in [1.807, 2.05) is 43.5 Å². The van der Waals surface area contributed by atoms with Crippen LogP contribution in [0.15, 0.2) is 29.6 Å². The molecule has 0 fully saturated rings. The van der Waals surface area contributed by atoms with Crippen molar-refractivity contribution in [3.8, 4) is 11.8 Å². The average molecular weight is 285 g/mol. The van der Waals surface area contributed by atoms with Crippen molar-refractivity contribution in [2.75, 3.05) is 11.9 Å². The summed E-state index contributed by atoms with van der Waals surface area (Å²) in [5, 5.41) is 13.6. The second-order valence-electron chi connectivity index (χ2n) is 4.40. The van der Waals surface area contributed by atoms with Gasteiger partial charge in [0.2, 0.25) is 0 Å². The van der Waals surface area contributed by atoms with E-state index in [9.17, 15) is 4.79 Å². The molecule has 0 unspecified atom stereocenters. The van der Waals surface area contributed by atoms with Gasteiger partial charge in [0.05, 0.1) is 10.6 Å². The zero-order valence-electron chi connectivity index (χ0n) is 11.4. The van der Waals surface area contributed by atoms with Crippen molar-refractivity contribution in [1.29, 1.82) is 0 Å². The van der Waals surface area contributed by atoms with Gasteiger partial charge in [-0.3, -0.25) is 4.79 Å². The Morgan fingerprint density at radius 2 is 2.15 bits per heavy atom. The smallest absolute Gasteiger partial charge is 0.266 e. The van der Waals surface area contributed by atoms with E-state index in [1.165, 1.54) is 11.3 Å². The molecule has 0 aliphatic rings. The Kier molecular flexibility index (Phi) is 4.57. The standard InChI is InChI=1S/C16H15NO2S/c1-11-5-6-13(4-3-8-18)14(10-11)17-16(19)15-12(2)7-9-20-15/h5-7,9-10,18H,8H2,1-2H3,(H,17,19). The molecule has 0 saturated carbocycles. The van der Waals surface area contributed by atoms with E-state index in [0.717, 1.165) is 11.1 Å². The highest BCUT2D eigenvalue weighted by molar-refractivity contribution is 7.12. The summed E-state index contributed by atoms with van der Waals surface area (Å²) in [7, 11) is 0. The molecule has 0 radical (unpaired) electrons. The molecule has 0 atom stereocenters. The molecule has 2 N–H and O–H groups in total. The summed E-state index contributed by atoms with van der Waals surface area (Å²) in [6, 6.07) is 7.56. The Balaban J connectivity index is 2.31. The molecule has 3 nitrogen and oxygen atoms in total. The monoisotopic (exact) mass is 285 g/mol. The first-order valence-corrected chi connectivity index (χ1v) is 7.05. The van der Waals surface area contributed by atoms with E-state index in [0.29, 0.717) is 16.1 Å². The molecule has 0 saturated heterocycles. The predicted octanol–water partition coefficient (Wildman–Crippen LogP) is 2.96. The van der Waals surface area contributed by atoms with Crippen LogP contribution < -0.4 is 5.32 Å². The molecule has 2 rings (SSSR count). The topological polar surface area (TPSA) is 49.3 Å². The number of aliphatic hydroxyl groups excluding tert-OH is 1. The second kappa shape index (κ2) is 6.38. The molecule has 0 aliphatic heterocycles. The Labute approximate surface area is 122 Å². The number of thiophene rings is 1. The van der Waals surface area contributed by atoms with Crippen LogP contribution in [0.1, 0.15) is 26.4 Å². The number of rotatable bonds is 2. The van der Waals surface area contributed by atoms with Crippen LogP contribution >= 0.6 is 11.3 Å². The van der Waals surface area contributed by atoms with Crippen molar-refractivity contribution in [2.45, 2.75) is 13.8 Å². The van der Waals surface area contributed by atoms with Crippen molar-refractivity contribution in [3.05, 3.63) is 51.2 Å². The van der Waals surface area contributed by atoms with Gasteiger partial charge in [-0.05, 0) is 48.6 Å². The third kappa shape index (κ3) is 3.27. The number of amides is 1. The van der Waals surface area contributed by atoms with Crippen LogP contribution in [-0.4, -0.2) is 17.6 Å². The van der Waals surface area contributed by atoms with Crippen LogP contribution in [0.25, 0.3) is 0 Å². The van der Waals surface area contributed by atoms with E-state index >= 15 is 0 Å². The summed E-state index contributed by atoms with van der Waals surface area (Å²) < 4.78 is 0. The first-order valence-electron chi connectivity index (χ1n) is 6.17. The highest BCUT2D eigenvalue weighted by Gasteiger charge is 2.12. The Hall–Kier alpha value is -2.09. The number of hydrogen-bond acceptors (Lipinski definition) is 3. The van der Waals surface area contributed by atoms with Gasteiger partial charge < -0.3 is 10.4 Å². The average Bonchev–Trinajstić information content (AvgIpc) is 2.84. The molecule has 1 amide bonds. The Bertz CT molecular complexity index is 692. The van der Waals surface area contributed by atoms with Crippen LogP contribution in [0.3, 0.4) is 0 Å². The highest BCUT2D eigenvalue weighted by Crippen LogP contribution is 2.21. The fourth-order valence-electron chi connectivity index (χ4n) is 1.79. The zero-order valence-corrected chi connectivity index (χ0v) is 12.2. The summed E-state index contributed by atoms with van der Waals surface area (Å²) in [4.78, 5) is 12.9. The van der Waals surface area contributed by atoms with E-state index in [-0.39, 0.29) is 12.5 Å². The molecule has 0 bridgehead atoms. The normalized spacial score (nSPS) is 9.75. The second-order valence-corrected chi connectivity index (χ2v) is 5.31. The molecule has 0 aliphatic carbocycles. The fourth-order valence-corrected chi connectivity index (χ4v) is 2.61. The number of carbonyl (C=O) groups is 1. The molecular weight excluding hydrogens is 270 g/mol. The van der Waals surface area contributed by atoms with Gasteiger partial charge in [0.15, 0.2) is 0 Å². The van der Waals surface area contributed by atoms with Gasteiger partial charge >= 0.3 is 0 Å². The van der Waals surface area contributed by atoms with E-state index in [2.05, 4.69) is 17.2 Å². The molecule has 1 heterocycles. The van der Waals surface area contributed by atoms with Gasteiger partial charge in [0.1, 0.15) is 6.61 Å². The minimum Gasteiger partial charge on any atom is -0.384 e. The number of nitrogens with one attached hydrogen (secondary N) is 1. The minimum absolute atomic E-state index is 0.129. The number of benzene rings is 1. The summed E-state index contributed by atoms with van der Waals surface area (Å²) in [6.45, 7) is 3.66. The van der Waals surface area contributed by atoms with E-state index in [1.54, 1.807) is 0 Å². The maximum absolute atomic E-state index is 12.2. The summed E-state index contributed by atoms with van der Waals surface area (Å²) in [6.07, 6.45) is 0. The van der Waals surface area contributed by atoms with E-state index in [4.69, 9.17) is 5.11 Å². The molecule has 1 aromatic heterocycles. The van der Waals surface area contributed by atoms with Gasteiger partial charge in [-0.15, -0.1) is 11.3 Å². The Morgan fingerprint density at radius 3 is 2.80 bits per heavy atom. The molecule has 20 heavy (non-hydrogen) atoms. The number of aryl methyl sites for hydroxylation is 2. The van der Waals surface area contributed by atoms with Crippen LogP contribution in [-0.2, 0) is 0 Å². The largest absolute Gasteiger partial charge is 0.384 e. The number of hydrogen-bond donors (Lipinski definition) is 2. The van der Waals surface area contributed by atoms with Crippen molar-refractivity contribution in [3.63, 3.8) is 0 Å². The first-order chi connectivity index (χ1) is 9.61. The maximum atomic E-state index is 12.2. The quantitative estimate of drug-likeness (QED) is 0.833. The van der Waals surface area contributed by atoms with Gasteiger partial charge in [-0.2, -0.15) is 0 Å². The Morgan fingerprint density at radius 1 is 1.35 bits per heavy atom. The van der Waals surface area contributed by atoms with Crippen molar-refractivity contribution >= 4 is 22.9 Å². The summed E-state index contributed by atoms with van der Waals surface area (Å²) >= 11 is 1.42. The SMILES string of the molecule is Cc1ccc(C#CCO)c(NC(=O)c2sccc2C)c1. The minimum atomic E-state index is -0.203. The molecule has 2 aromatic rings. The first kappa shape index (κ1) is 14.3. The van der Waals surface area contributed by atoms with Crippen LogP contribution in [0.4, 0.5) is 5.69 Å². The van der Waals surface area contributed by atoms with Crippen molar-refractivity contribution in [2.24, 2.45) is 0 Å². The molecule has 102 valence electrons. The number of aliphatic hydroxyl groups is 1. The van der Waals surface area contributed by atoms with Crippen molar-refractivity contribution in [1.82, 2.24) is 0 Å². The lowest BCUT2D eigenvalue weighted by atomic mass is 10.1. The summed E-state index contributed by atoms with van der Waals surface area (Å²) in [5.74, 6) is 5.32. The van der Waals surface area contributed by atoms with E-state index < -0.39 is 0 Å². The zero-order chi connectivity index (χ0) is 14.5. The highest BCUT2D eigenvalue weighted by atomic mass is 32.1. The van der Waals surface area contributed by atoms with Gasteiger partial charge in [0.25, 0.3) is 5.91 Å². The van der Waals surface area contributed by atoms with Gasteiger partial charge in [-0.1, -0.05) is 17.9 Å². The number of carbonyl (C=O) groups excluding carboxylic acids is 1. The van der Waals surface area contributed by atoms with Crippen LogP contribution in [0, 0.1) is 25.7 Å². The van der Waals surface area contributed by atoms with Gasteiger partial charge in [0, 0.05) is 5.56 Å². The van der Waals surface area contributed by atoms with Crippen LogP contribution in [0.5, 0.6) is 0 Å². The fraction of sp³-hybridized carbons (Fsp3) is 0.188. The third-order valence-corrected chi connectivity index (χ3v) is 3.81. The maximum Gasteiger partial charge on any atom is 0.266 e. The number of anilines is 1. The summed E-state index contributed by atoms with van der Waals surface area (Å²) in [5.41, 5.74) is 3.37. The molecular formula is C16H15NO2S. The lowest BCUT2D eigenvalue weighted by molar-refractivity contribution is 0.103. The van der Waals surface area contributed by atoms with Crippen molar-refractivity contribution < 1.29 is 9.90 Å². The third-order valence-electron chi connectivity index (χ3n) is 2.79. The lowest BCUT2D eigenvalue weighted by Crippen LogP contribution is -2.12.